The van der Waals surface area contributed by atoms with Crippen molar-refractivity contribution in [3.63, 3.8) is 0 Å². The van der Waals surface area contributed by atoms with Crippen molar-refractivity contribution in [1.82, 2.24) is 0 Å². The van der Waals surface area contributed by atoms with Gasteiger partial charge in [-0.3, -0.25) is 0 Å². The number of hydrogen-bond acceptors (Lipinski definition) is 3. The predicted octanol–water partition coefficient (Wildman–Crippen LogP) is 3.94. The molecule has 4 rings (SSSR count). The molecule has 0 saturated heterocycles. The number of ether oxygens (including phenoxy) is 3. The van der Waals surface area contributed by atoms with E-state index in [1.165, 1.54) is 22.4 Å². The van der Waals surface area contributed by atoms with Gasteiger partial charge in [0.2, 0.25) is 5.69 Å². The first kappa shape index (κ1) is 16.7. The predicted molar refractivity (Wildman–Crippen MR) is 102 cm³/mol. The number of benzene rings is 2. The highest BCUT2D eigenvalue weighted by molar-refractivity contribution is 5.91. The number of rotatable bonds is 4. The summed E-state index contributed by atoms with van der Waals surface area (Å²) in [5.41, 5.74) is 5.13. The highest BCUT2D eigenvalue weighted by Crippen LogP contribution is 2.38. The molecule has 0 amide bonds. The van der Waals surface area contributed by atoms with Crippen LogP contribution in [0.2, 0.25) is 0 Å². The van der Waals surface area contributed by atoms with Crippen LogP contribution in [0.1, 0.15) is 18.1 Å². The molecule has 1 aliphatic heterocycles. The first-order chi connectivity index (χ1) is 12.7. The van der Waals surface area contributed by atoms with Gasteiger partial charge in [-0.05, 0) is 41.1 Å². The lowest BCUT2D eigenvalue weighted by atomic mass is 9.93. The molecule has 134 valence electrons. The van der Waals surface area contributed by atoms with Crippen LogP contribution < -0.4 is 18.8 Å². The van der Waals surface area contributed by atoms with Gasteiger partial charge < -0.3 is 14.2 Å². The monoisotopic (exact) mass is 350 g/mol. The number of pyridine rings is 1. The highest BCUT2D eigenvalue weighted by Gasteiger charge is 2.26. The summed E-state index contributed by atoms with van der Waals surface area (Å²) >= 11 is 0. The maximum Gasteiger partial charge on any atom is 0.213 e. The average molecular weight is 350 g/mol. The van der Waals surface area contributed by atoms with E-state index < -0.39 is 0 Å². The van der Waals surface area contributed by atoms with Crippen LogP contribution in [-0.2, 0) is 19.4 Å². The van der Waals surface area contributed by atoms with E-state index in [4.69, 9.17) is 14.2 Å². The van der Waals surface area contributed by atoms with Crippen LogP contribution in [0.4, 0.5) is 0 Å². The van der Waals surface area contributed by atoms with Crippen LogP contribution in [0, 0.1) is 0 Å². The van der Waals surface area contributed by atoms with E-state index in [1.54, 1.807) is 21.3 Å². The molecule has 1 aliphatic rings. The SMILES string of the molecule is CCc1cc2c(cc1OC)-c1cc3ccc(OC)c(OC)c3c[n+]1CC2. The molecule has 0 aliphatic carbocycles. The van der Waals surface area contributed by atoms with Gasteiger partial charge in [0.15, 0.2) is 24.2 Å². The Hall–Kier alpha value is -2.75. The second-order valence-corrected chi connectivity index (χ2v) is 6.58. The van der Waals surface area contributed by atoms with Crippen molar-refractivity contribution in [2.75, 3.05) is 21.3 Å². The summed E-state index contributed by atoms with van der Waals surface area (Å²) in [6, 6.07) is 10.8. The van der Waals surface area contributed by atoms with Gasteiger partial charge in [-0.15, -0.1) is 0 Å². The maximum atomic E-state index is 5.63. The summed E-state index contributed by atoms with van der Waals surface area (Å²) in [7, 11) is 5.10. The fraction of sp³-hybridized carbons (Fsp3) is 0.318. The minimum absolute atomic E-state index is 0.756. The standard InChI is InChI=1S/C22H24NO3/c1-5-14-10-16-8-9-23-13-18-15(6-7-20(24-2)22(18)26-4)11-19(23)17(16)12-21(14)25-3/h6-7,10-13H,5,8-9H2,1-4H3/q+1. The number of nitrogens with zero attached hydrogens (tertiary/aromatic N) is 1. The largest absolute Gasteiger partial charge is 0.496 e. The Morgan fingerprint density at radius 2 is 1.77 bits per heavy atom. The zero-order chi connectivity index (χ0) is 18.3. The minimum atomic E-state index is 0.756. The highest BCUT2D eigenvalue weighted by atomic mass is 16.5. The molecule has 4 heteroatoms. The van der Waals surface area contributed by atoms with E-state index in [2.05, 4.69) is 42.0 Å². The number of aromatic nitrogens is 1. The molecule has 4 nitrogen and oxygen atoms in total. The average Bonchev–Trinajstić information content (AvgIpc) is 2.70. The van der Waals surface area contributed by atoms with E-state index in [1.807, 2.05) is 6.07 Å². The fourth-order valence-corrected chi connectivity index (χ4v) is 3.93. The van der Waals surface area contributed by atoms with Gasteiger partial charge in [-0.1, -0.05) is 13.0 Å². The number of methoxy groups -OCH3 is 3. The smallest absolute Gasteiger partial charge is 0.213 e. The first-order valence-corrected chi connectivity index (χ1v) is 8.98. The Labute approximate surface area is 153 Å². The summed E-state index contributed by atoms with van der Waals surface area (Å²) < 4.78 is 19.0. The third-order valence-corrected chi connectivity index (χ3v) is 5.29. The third-order valence-electron chi connectivity index (χ3n) is 5.29. The van der Waals surface area contributed by atoms with E-state index in [0.717, 1.165) is 47.4 Å². The quantitative estimate of drug-likeness (QED) is 0.668. The molecule has 2 heterocycles. The summed E-state index contributed by atoms with van der Waals surface area (Å²) in [4.78, 5) is 0. The zero-order valence-corrected chi connectivity index (χ0v) is 15.8. The van der Waals surface area contributed by atoms with E-state index in [-0.39, 0.29) is 0 Å². The lowest BCUT2D eigenvalue weighted by molar-refractivity contribution is -0.686. The lowest BCUT2D eigenvalue weighted by Gasteiger charge is -2.19. The van der Waals surface area contributed by atoms with Gasteiger partial charge in [0, 0.05) is 12.5 Å². The van der Waals surface area contributed by atoms with E-state index in [0.29, 0.717) is 0 Å². The van der Waals surface area contributed by atoms with Gasteiger partial charge >= 0.3 is 0 Å². The Kier molecular flexibility index (Phi) is 4.19. The van der Waals surface area contributed by atoms with Crippen molar-refractivity contribution >= 4 is 10.8 Å². The molecule has 0 N–H and O–H groups in total. The van der Waals surface area contributed by atoms with Crippen LogP contribution in [0.25, 0.3) is 22.0 Å². The summed E-state index contributed by atoms with van der Waals surface area (Å²) in [6.07, 6.45) is 4.17. The molecule has 0 fully saturated rings. The Morgan fingerprint density at radius 1 is 0.962 bits per heavy atom. The van der Waals surface area contributed by atoms with Crippen LogP contribution >= 0.6 is 0 Å². The second kappa shape index (κ2) is 6.52. The molecule has 3 aromatic rings. The van der Waals surface area contributed by atoms with Crippen LogP contribution in [0.5, 0.6) is 17.2 Å². The summed E-state index contributed by atoms with van der Waals surface area (Å²) in [5, 5.41) is 2.21. The van der Waals surface area contributed by atoms with E-state index in [9.17, 15) is 0 Å². The lowest BCUT2D eigenvalue weighted by Crippen LogP contribution is -2.40. The third kappa shape index (κ3) is 2.48. The van der Waals surface area contributed by atoms with Gasteiger partial charge in [0.05, 0.1) is 32.3 Å². The molecule has 0 atom stereocenters. The Morgan fingerprint density at radius 3 is 2.46 bits per heavy atom. The molecule has 0 saturated carbocycles. The van der Waals surface area contributed by atoms with Gasteiger partial charge in [-0.2, -0.15) is 4.57 Å². The Bertz CT molecular complexity index is 995. The van der Waals surface area contributed by atoms with Crippen LogP contribution in [0.15, 0.2) is 36.5 Å². The van der Waals surface area contributed by atoms with Gasteiger partial charge in [0.1, 0.15) is 5.75 Å². The van der Waals surface area contributed by atoms with Crippen molar-refractivity contribution in [2.24, 2.45) is 0 Å². The summed E-state index contributed by atoms with van der Waals surface area (Å²) in [6.45, 7) is 3.12. The van der Waals surface area contributed by atoms with Crippen molar-refractivity contribution in [3.05, 3.63) is 47.7 Å². The number of fused-ring (bicyclic) bond motifs is 4. The van der Waals surface area contributed by atoms with Crippen LogP contribution in [-0.4, -0.2) is 21.3 Å². The molecule has 0 spiro atoms. The van der Waals surface area contributed by atoms with Crippen LogP contribution in [0.3, 0.4) is 0 Å². The van der Waals surface area contributed by atoms with E-state index >= 15 is 0 Å². The molecular weight excluding hydrogens is 326 g/mol. The normalized spacial score (nSPS) is 12.5. The number of aryl methyl sites for hydroxylation is 3. The second-order valence-electron chi connectivity index (χ2n) is 6.58. The fourth-order valence-electron chi connectivity index (χ4n) is 3.93. The molecule has 0 radical (unpaired) electrons. The topological polar surface area (TPSA) is 31.6 Å². The van der Waals surface area contributed by atoms with Crippen molar-refractivity contribution in [2.45, 2.75) is 26.3 Å². The molecular formula is C22H24NO3+. The maximum absolute atomic E-state index is 5.63. The number of hydrogen-bond donors (Lipinski definition) is 0. The molecule has 26 heavy (non-hydrogen) atoms. The Balaban J connectivity index is 1.96. The van der Waals surface area contributed by atoms with Gasteiger partial charge in [0.25, 0.3) is 0 Å². The summed E-state index contributed by atoms with van der Waals surface area (Å²) in [5.74, 6) is 2.50. The molecule has 2 aromatic carbocycles. The molecule has 1 aromatic heterocycles. The minimum Gasteiger partial charge on any atom is -0.496 e. The zero-order valence-electron chi connectivity index (χ0n) is 15.8. The van der Waals surface area contributed by atoms with Gasteiger partial charge in [-0.25, -0.2) is 0 Å². The van der Waals surface area contributed by atoms with Crippen molar-refractivity contribution in [3.8, 4) is 28.5 Å². The van der Waals surface area contributed by atoms with Crippen molar-refractivity contribution in [1.29, 1.82) is 0 Å². The van der Waals surface area contributed by atoms with Crippen molar-refractivity contribution < 1.29 is 18.8 Å². The molecule has 0 unspecified atom stereocenters. The molecule has 0 bridgehead atoms. The first-order valence-electron chi connectivity index (χ1n) is 8.98.